The Hall–Kier alpha value is -4.36. The zero-order valence-electron chi connectivity index (χ0n) is 20.2. The van der Waals surface area contributed by atoms with Gasteiger partial charge in [0.25, 0.3) is 15.9 Å². The summed E-state index contributed by atoms with van der Waals surface area (Å²) < 4.78 is 34.8. The van der Waals surface area contributed by atoms with Crippen LogP contribution in [0.25, 0.3) is 21.5 Å². The van der Waals surface area contributed by atoms with Crippen LogP contribution in [0.2, 0.25) is 0 Å². The van der Waals surface area contributed by atoms with Crippen molar-refractivity contribution in [2.24, 2.45) is 0 Å². The molecule has 7 heteroatoms. The van der Waals surface area contributed by atoms with Gasteiger partial charge in [0.15, 0.2) is 6.10 Å². The topological polar surface area (TPSA) is 84.5 Å². The van der Waals surface area contributed by atoms with Gasteiger partial charge in [-0.3, -0.25) is 9.52 Å². The summed E-state index contributed by atoms with van der Waals surface area (Å²) in [6.07, 6.45) is -0.238. The minimum absolute atomic E-state index is 0.0949. The van der Waals surface area contributed by atoms with Crippen molar-refractivity contribution in [3.63, 3.8) is 0 Å². The summed E-state index contributed by atoms with van der Waals surface area (Å²) in [6.45, 7) is 1.88. The highest BCUT2D eigenvalue weighted by Crippen LogP contribution is 2.28. The van der Waals surface area contributed by atoms with E-state index >= 15 is 0 Å². The van der Waals surface area contributed by atoms with Crippen LogP contribution in [-0.2, 0) is 14.8 Å². The predicted molar refractivity (Wildman–Crippen MR) is 148 cm³/mol. The van der Waals surface area contributed by atoms with E-state index in [4.69, 9.17) is 4.74 Å². The molecule has 0 spiro atoms. The van der Waals surface area contributed by atoms with Gasteiger partial charge in [0, 0.05) is 16.5 Å². The normalized spacial score (nSPS) is 12.2. The molecule has 1 atom stereocenters. The van der Waals surface area contributed by atoms with Crippen molar-refractivity contribution >= 4 is 48.9 Å². The van der Waals surface area contributed by atoms with Gasteiger partial charge in [0.05, 0.1) is 10.6 Å². The van der Waals surface area contributed by atoms with Crippen molar-refractivity contribution in [2.75, 3.05) is 10.0 Å². The second-order valence-electron chi connectivity index (χ2n) is 8.64. The summed E-state index contributed by atoms with van der Waals surface area (Å²) >= 11 is 0. The van der Waals surface area contributed by atoms with Crippen LogP contribution in [0.4, 0.5) is 11.4 Å². The van der Waals surface area contributed by atoms with Crippen LogP contribution >= 0.6 is 0 Å². The van der Waals surface area contributed by atoms with E-state index in [-0.39, 0.29) is 10.8 Å². The number of hydrogen-bond donors (Lipinski definition) is 2. The van der Waals surface area contributed by atoms with Crippen molar-refractivity contribution in [3.05, 3.63) is 109 Å². The molecule has 5 aromatic rings. The Bertz CT molecular complexity index is 1670. The Morgan fingerprint density at radius 3 is 2.05 bits per heavy atom. The molecule has 0 aliphatic rings. The lowest BCUT2D eigenvalue weighted by Crippen LogP contribution is -2.32. The van der Waals surface area contributed by atoms with E-state index in [1.54, 1.807) is 18.2 Å². The number of carbonyl (C=O) groups is 1. The maximum atomic E-state index is 13.0. The number of anilines is 2. The monoisotopic (exact) mass is 510 g/mol. The van der Waals surface area contributed by atoms with Crippen LogP contribution < -0.4 is 14.8 Å². The maximum absolute atomic E-state index is 13.0. The van der Waals surface area contributed by atoms with Crippen molar-refractivity contribution in [1.82, 2.24) is 0 Å². The Balaban J connectivity index is 1.29. The van der Waals surface area contributed by atoms with E-state index in [0.29, 0.717) is 23.5 Å². The summed E-state index contributed by atoms with van der Waals surface area (Å²) in [5.41, 5.74) is 0.987. The van der Waals surface area contributed by atoms with E-state index in [1.807, 2.05) is 85.8 Å². The van der Waals surface area contributed by atoms with Gasteiger partial charge in [-0.05, 0) is 53.6 Å². The number of carbonyl (C=O) groups excluding carboxylic acids is 1. The lowest BCUT2D eigenvalue weighted by Gasteiger charge is -2.18. The third kappa shape index (κ3) is 5.27. The van der Waals surface area contributed by atoms with Gasteiger partial charge >= 0.3 is 0 Å². The molecule has 186 valence electrons. The SMILES string of the molecule is CCC(Oc1cccc2ccccc12)C(=O)Nc1ccc(S(=O)(=O)Nc2cccc3ccccc23)cc1. The van der Waals surface area contributed by atoms with Crippen molar-refractivity contribution in [2.45, 2.75) is 24.3 Å². The van der Waals surface area contributed by atoms with Gasteiger partial charge in [0.1, 0.15) is 5.75 Å². The Morgan fingerprint density at radius 1 is 0.757 bits per heavy atom. The molecule has 6 nitrogen and oxygen atoms in total. The van der Waals surface area contributed by atoms with E-state index in [0.717, 1.165) is 21.5 Å². The van der Waals surface area contributed by atoms with E-state index in [2.05, 4.69) is 10.0 Å². The third-order valence-corrected chi connectivity index (χ3v) is 7.53. The fourth-order valence-electron chi connectivity index (χ4n) is 4.23. The minimum Gasteiger partial charge on any atom is -0.480 e. The molecular weight excluding hydrogens is 484 g/mol. The van der Waals surface area contributed by atoms with Crippen molar-refractivity contribution < 1.29 is 17.9 Å². The van der Waals surface area contributed by atoms with Crippen LogP contribution in [0.5, 0.6) is 5.75 Å². The van der Waals surface area contributed by atoms with Gasteiger partial charge in [-0.15, -0.1) is 0 Å². The third-order valence-electron chi connectivity index (χ3n) is 6.15. The van der Waals surface area contributed by atoms with Crippen LogP contribution in [0.15, 0.2) is 114 Å². The first-order valence-electron chi connectivity index (χ1n) is 12.0. The molecule has 0 saturated heterocycles. The molecular formula is C30H26N2O4S. The number of ether oxygens (including phenoxy) is 1. The quantitative estimate of drug-likeness (QED) is 0.247. The average molecular weight is 511 g/mol. The molecule has 0 heterocycles. The first-order valence-corrected chi connectivity index (χ1v) is 13.5. The Morgan fingerprint density at radius 2 is 1.35 bits per heavy atom. The summed E-state index contributed by atoms with van der Waals surface area (Å²) in [5.74, 6) is 0.334. The molecule has 2 N–H and O–H groups in total. The van der Waals surface area contributed by atoms with Gasteiger partial charge < -0.3 is 10.1 Å². The zero-order valence-corrected chi connectivity index (χ0v) is 21.0. The molecule has 0 aliphatic carbocycles. The van der Waals surface area contributed by atoms with Crippen LogP contribution in [0, 0.1) is 0 Å². The number of sulfonamides is 1. The van der Waals surface area contributed by atoms with Crippen LogP contribution in [0.1, 0.15) is 13.3 Å². The molecule has 0 saturated carbocycles. The predicted octanol–water partition coefficient (Wildman–Crippen LogP) is 6.59. The molecule has 1 unspecified atom stereocenters. The molecule has 5 rings (SSSR count). The highest BCUT2D eigenvalue weighted by Gasteiger charge is 2.20. The number of hydrogen-bond acceptors (Lipinski definition) is 4. The number of benzene rings is 5. The first-order chi connectivity index (χ1) is 17.9. The highest BCUT2D eigenvalue weighted by atomic mass is 32.2. The molecule has 0 fully saturated rings. The smallest absolute Gasteiger partial charge is 0.265 e. The highest BCUT2D eigenvalue weighted by molar-refractivity contribution is 7.92. The lowest BCUT2D eigenvalue weighted by molar-refractivity contribution is -0.122. The minimum atomic E-state index is -3.82. The van der Waals surface area contributed by atoms with Gasteiger partial charge in [-0.25, -0.2) is 8.42 Å². The van der Waals surface area contributed by atoms with Crippen LogP contribution in [-0.4, -0.2) is 20.4 Å². The molecule has 37 heavy (non-hydrogen) atoms. The molecule has 5 aromatic carbocycles. The lowest BCUT2D eigenvalue weighted by atomic mass is 10.1. The largest absolute Gasteiger partial charge is 0.480 e. The van der Waals surface area contributed by atoms with Crippen molar-refractivity contribution in [3.8, 4) is 5.75 Å². The standard InChI is InChI=1S/C30H26N2O4S/c1-2-28(36-29-16-8-12-22-10-4-6-14-26(22)29)30(33)31-23-17-19-24(20-18-23)37(34,35)32-27-15-7-11-21-9-3-5-13-25(21)27/h3-20,28,32H,2H2,1H3,(H,31,33). The van der Waals surface area contributed by atoms with Crippen LogP contribution in [0.3, 0.4) is 0 Å². The second kappa shape index (κ2) is 10.3. The maximum Gasteiger partial charge on any atom is 0.265 e. The number of rotatable bonds is 8. The van der Waals surface area contributed by atoms with Gasteiger partial charge in [-0.1, -0.05) is 79.7 Å². The Kier molecular flexibility index (Phi) is 6.79. The van der Waals surface area contributed by atoms with E-state index in [9.17, 15) is 13.2 Å². The number of fused-ring (bicyclic) bond motifs is 2. The van der Waals surface area contributed by atoms with E-state index in [1.165, 1.54) is 12.1 Å². The fraction of sp³-hybridized carbons (Fsp3) is 0.100. The fourth-order valence-corrected chi connectivity index (χ4v) is 5.31. The summed E-state index contributed by atoms with van der Waals surface area (Å²) in [6, 6.07) is 32.7. The molecule has 1 amide bonds. The summed E-state index contributed by atoms with van der Waals surface area (Å²) in [4.78, 5) is 13.1. The van der Waals surface area contributed by atoms with Gasteiger partial charge in [-0.2, -0.15) is 0 Å². The number of nitrogens with one attached hydrogen (secondary N) is 2. The van der Waals surface area contributed by atoms with Crippen molar-refractivity contribution in [1.29, 1.82) is 0 Å². The molecule has 0 aromatic heterocycles. The number of amides is 1. The summed E-state index contributed by atoms with van der Waals surface area (Å²) in [5, 5.41) is 6.56. The van der Waals surface area contributed by atoms with E-state index < -0.39 is 16.1 Å². The van der Waals surface area contributed by atoms with Gasteiger partial charge in [0.2, 0.25) is 0 Å². The first kappa shape index (κ1) is 24.3. The Labute approximate surface area is 216 Å². The average Bonchev–Trinajstić information content (AvgIpc) is 2.92. The summed E-state index contributed by atoms with van der Waals surface area (Å²) in [7, 11) is -3.82. The second-order valence-corrected chi connectivity index (χ2v) is 10.3. The zero-order chi connectivity index (χ0) is 25.8. The molecule has 0 aliphatic heterocycles. The molecule has 0 bridgehead atoms. The molecule has 0 radical (unpaired) electrons.